The molecule has 0 aromatic carbocycles. The Bertz CT molecular complexity index is 660. The molecule has 0 spiro atoms. The summed E-state index contributed by atoms with van der Waals surface area (Å²) in [4.78, 5) is 39.5. The number of amides is 2. The van der Waals surface area contributed by atoms with Crippen LogP contribution in [0, 0.1) is 11.8 Å². The summed E-state index contributed by atoms with van der Waals surface area (Å²) in [7, 11) is 0. The van der Waals surface area contributed by atoms with Crippen molar-refractivity contribution in [2.75, 3.05) is 26.2 Å². The molecule has 2 amide bonds. The van der Waals surface area contributed by atoms with Crippen molar-refractivity contribution in [3.05, 3.63) is 23.7 Å². The molecule has 2 aliphatic heterocycles. The van der Waals surface area contributed by atoms with Gasteiger partial charge in [0.15, 0.2) is 5.76 Å². The van der Waals surface area contributed by atoms with Crippen LogP contribution >= 0.6 is 0 Å². The van der Waals surface area contributed by atoms with E-state index in [-0.39, 0.29) is 29.1 Å². The van der Waals surface area contributed by atoms with Crippen LogP contribution in [-0.4, -0.2) is 58.9 Å². The van der Waals surface area contributed by atoms with Crippen LogP contribution in [0.15, 0.2) is 16.7 Å². The Labute approximate surface area is 146 Å². The quantitative estimate of drug-likeness (QED) is 0.903. The second-order valence-electron chi connectivity index (χ2n) is 7.10. The highest BCUT2D eigenvalue weighted by Crippen LogP contribution is 2.24. The lowest BCUT2D eigenvalue weighted by Gasteiger charge is -2.37. The summed E-state index contributed by atoms with van der Waals surface area (Å²) in [6.45, 7) is 4.83. The molecular weight excluding hydrogens is 324 g/mol. The number of carbonyl (C=O) groups excluding carboxylic acids is 2. The van der Waals surface area contributed by atoms with Crippen LogP contribution in [0.3, 0.4) is 0 Å². The highest BCUT2D eigenvalue weighted by atomic mass is 16.4. The van der Waals surface area contributed by atoms with Crippen molar-refractivity contribution in [3.63, 3.8) is 0 Å². The standard InChI is InChI=1S/C18H24N2O5/c1-12-3-2-6-20(10-12)16(21)13-4-7-19(8-5-13)17(22)15-9-14(11-25-15)18(23)24/h9,11-13H,2-8,10H2,1H3,(H,23,24). The number of hydrogen-bond acceptors (Lipinski definition) is 4. The lowest BCUT2D eigenvalue weighted by molar-refractivity contribution is -0.138. The highest BCUT2D eigenvalue weighted by Gasteiger charge is 2.32. The molecule has 1 unspecified atom stereocenters. The molecule has 1 N–H and O–H groups in total. The van der Waals surface area contributed by atoms with E-state index >= 15 is 0 Å². The maximum absolute atomic E-state index is 12.7. The van der Waals surface area contributed by atoms with Gasteiger partial charge in [-0.2, -0.15) is 0 Å². The number of carboxylic acids is 1. The molecule has 1 atom stereocenters. The monoisotopic (exact) mass is 348 g/mol. The first-order valence-corrected chi connectivity index (χ1v) is 8.85. The zero-order chi connectivity index (χ0) is 18.0. The predicted molar refractivity (Wildman–Crippen MR) is 89.3 cm³/mol. The number of piperidine rings is 2. The van der Waals surface area contributed by atoms with Gasteiger partial charge in [-0.3, -0.25) is 9.59 Å². The lowest BCUT2D eigenvalue weighted by atomic mass is 9.92. The molecule has 3 heterocycles. The summed E-state index contributed by atoms with van der Waals surface area (Å²) in [5.74, 6) is -0.660. The second kappa shape index (κ2) is 7.29. The van der Waals surface area contributed by atoms with Gasteiger partial charge in [-0.05, 0) is 31.6 Å². The van der Waals surface area contributed by atoms with Gasteiger partial charge in [0, 0.05) is 38.2 Å². The van der Waals surface area contributed by atoms with Gasteiger partial charge in [0.25, 0.3) is 5.91 Å². The minimum absolute atomic E-state index is 0.0273. The highest BCUT2D eigenvalue weighted by molar-refractivity contribution is 5.95. The van der Waals surface area contributed by atoms with E-state index in [2.05, 4.69) is 6.92 Å². The molecule has 2 fully saturated rings. The fraction of sp³-hybridized carbons (Fsp3) is 0.611. The zero-order valence-electron chi connectivity index (χ0n) is 14.4. The van der Waals surface area contributed by atoms with Crippen molar-refractivity contribution in [1.29, 1.82) is 0 Å². The number of rotatable bonds is 3. The van der Waals surface area contributed by atoms with Crippen LogP contribution < -0.4 is 0 Å². The third-order valence-electron chi connectivity index (χ3n) is 5.16. The maximum Gasteiger partial charge on any atom is 0.338 e. The molecular formula is C18H24N2O5. The Balaban J connectivity index is 1.55. The Morgan fingerprint density at radius 3 is 2.44 bits per heavy atom. The van der Waals surface area contributed by atoms with Gasteiger partial charge in [-0.15, -0.1) is 0 Å². The summed E-state index contributed by atoms with van der Waals surface area (Å²) in [5.41, 5.74) is -0.0346. The molecule has 3 rings (SSSR count). The number of likely N-dealkylation sites (tertiary alicyclic amines) is 2. The van der Waals surface area contributed by atoms with Gasteiger partial charge in [0.05, 0.1) is 5.56 Å². The van der Waals surface area contributed by atoms with Gasteiger partial charge < -0.3 is 19.3 Å². The van der Waals surface area contributed by atoms with E-state index in [4.69, 9.17) is 9.52 Å². The van der Waals surface area contributed by atoms with Gasteiger partial charge in [-0.25, -0.2) is 4.79 Å². The lowest BCUT2D eigenvalue weighted by Crippen LogP contribution is -2.46. The van der Waals surface area contributed by atoms with Crippen LogP contribution in [-0.2, 0) is 4.79 Å². The fourth-order valence-electron chi connectivity index (χ4n) is 3.69. The van der Waals surface area contributed by atoms with Crippen molar-refractivity contribution < 1.29 is 23.9 Å². The van der Waals surface area contributed by atoms with Gasteiger partial charge in [-0.1, -0.05) is 6.92 Å². The first kappa shape index (κ1) is 17.5. The van der Waals surface area contributed by atoms with Crippen molar-refractivity contribution >= 4 is 17.8 Å². The first-order chi connectivity index (χ1) is 12.0. The topological polar surface area (TPSA) is 91.1 Å². The molecule has 7 heteroatoms. The van der Waals surface area contributed by atoms with Crippen molar-refractivity contribution in [2.45, 2.75) is 32.6 Å². The molecule has 0 saturated carbocycles. The van der Waals surface area contributed by atoms with Crippen LogP contribution in [0.2, 0.25) is 0 Å². The maximum atomic E-state index is 12.7. The fourth-order valence-corrected chi connectivity index (χ4v) is 3.69. The third-order valence-corrected chi connectivity index (χ3v) is 5.16. The SMILES string of the molecule is CC1CCCN(C(=O)C2CCN(C(=O)c3cc(C(=O)O)co3)CC2)C1. The predicted octanol–water partition coefficient (Wildman–Crippen LogP) is 2.09. The molecule has 7 nitrogen and oxygen atoms in total. The Kier molecular flexibility index (Phi) is 5.11. The molecule has 0 bridgehead atoms. The van der Waals surface area contributed by atoms with Gasteiger partial charge in [0.1, 0.15) is 6.26 Å². The Morgan fingerprint density at radius 2 is 1.84 bits per heavy atom. The molecule has 2 saturated heterocycles. The van der Waals surface area contributed by atoms with Crippen LogP contribution in [0.5, 0.6) is 0 Å². The summed E-state index contributed by atoms with van der Waals surface area (Å²) < 4.78 is 5.08. The number of furan rings is 1. The normalized spacial score (nSPS) is 22.0. The number of nitrogens with zero attached hydrogens (tertiary/aromatic N) is 2. The Hall–Kier alpha value is -2.31. The Morgan fingerprint density at radius 1 is 1.12 bits per heavy atom. The third kappa shape index (κ3) is 3.86. The van der Waals surface area contributed by atoms with Gasteiger partial charge in [0.2, 0.25) is 5.91 Å². The van der Waals surface area contributed by atoms with Gasteiger partial charge >= 0.3 is 5.97 Å². The van der Waals surface area contributed by atoms with E-state index in [1.54, 1.807) is 4.90 Å². The number of carbonyl (C=O) groups is 3. The van der Waals surface area contributed by atoms with E-state index in [1.807, 2.05) is 4.90 Å². The van der Waals surface area contributed by atoms with Crippen LogP contribution in [0.1, 0.15) is 53.5 Å². The summed E-state index contributed by atoms with van der Waals surface area (Å²) in [5, 5.41) is 8.90. The molecule has 0 aliphatic carbocycles. The zero-order valence-corrected chi connectivity index (χ0v) is 14.4. The number of aromatic carboxylic acids is 1. The largest absolute Gasteiger partial charge is 0.478 e. The van der Waals surface area contributed by atoms with E-state index in [0.29, 0.717) is 31.8 Å². The second-order valence-corrected chi connectivity index (χ2v) is 7.10. The number of carboxylic acid groups (broad SMARTS) is 1. The van der Waals surface area contributed by atoms with Crippen LogP contribution in [0.25, 0.3) is 0 Å². The molecule has 1 aromatic heterocycles. The summed E-state index contributed by atoms with van der Waals surface area (Å²) >= 11 is 0. The minimum atomic E-state index is -1.12. The van der Waals surface area contributed by atoms with Crippen molar-refractivity contribution in [1.82, 2.24) is 9.80 Å². The smallest absolute Gasteiger partial charge is 0.338 e. The molecule has 2 aliphatic rings. The molecule has 1 aromatic rings. The summed E-state index contributed by atoms with van der Waals surface area (Å²) in [6, 6.07) is 1.25. The minimum Gasteiger partial charge on any atom is -0.478 e. The van der Waals surface area contributed by atoms with Crippen molar-refractivity contribution in [3.8, 4) is 0 Å². The molecule has 136 valence electrons. The summed E-state index contributed by atoms with van der Waals surface area (Å²) in [6.07, 6.45) is 4.60. The van der Waals surface area contributed by atoms with E-state index < -0.39 is 5.97 Å². The number of hydrogen-bond donors (Lipinski definition) is 1. The molecule has 0 radical (unpaired) electrons. The molecule has 25 heavy (non-hydrogen) atoms. The average Bonchev–Trinajstić information content (AvgIpc) is 3.11. The average molecular weight is 348 g/mol. The van der Waals surface area contributed by atoms with E-state index in [1.165, 1.54) is 12.5 Å². The first-order valence-electron chi connectivity index (χ1n) is 8.85. The van der Waals surface area contributed by atoms with Crippen molar-refractivity contribution in [2.24, 2.45) is 11.8 Å². The van der Waals surface area contributed by atoms with E-state index in [0.717, 1.165) is 25.8 Å². The van der Waals surface area contributed by atoms with Crippen LogP contribution in [0.4, 0.5) is 0 Å². The van der Waals surface area contributed by atoms with E-state index in [9.17, 15) is 14.4 Å².